The average molecular weight is 442 g/mol. The Morgan fingerprint density at radius 1 is 1.00 bits per heavy atom. The van der Waals surface area contributed by atoms with Crippen LogP contribution in [0.15, 0.2) is 66.7 Å². The molecule has 6 heteroatoms. The van der Waals surface area contributed by atoms with Gasteiger partial charge in [-0.3, -0.25) is 4.79 Å². The Hall–Kier alpha value is -2.95. The van der Waals surface area contributed by atoms with Crippen molar-refractivity contribution >= 4 is 40.9 Å². The molecule has 0 aliphatic rings. The van der Waals surface area contributed by atoms with E-state index in [0.29, 0.717) is 33.8 Å². The van der Waals surface area contributed by atoms with Crippen molar-refractivity contribution in [3.8, 4) is 11.5 Å². The Morgan fingerprint density at radius 3 is 2.53 bits per heavy atom. The number of amides is 1. The molecule has 0 aliphatic carbocycles. The highest BCUT2D eigenvalue weighted by Gasteiger charge is 2.07. The monoisotopic (exact) mass is 441 g/mol. The lowest BCUT2D eigenvalue weighted by Crippen LogP contribution is -2.07. The molecule has 4 nitrogen and oxygen atoms in total. The van der Waals surface area contributed by atoms with Gasteiger partial charge in [0.05, 0.1) is 17.2 Å². The van der Waals surface area contributed by atoms with Crippen molar-refractivity contribution in [2.24, 2.45) is 0 Å². The van der Waals surface area contributed by atoms with Crippen molar-refractivity contribution in [3.05, 3.63) is 93.5 Å². The minimum atomic E-state index is -0.285. The number of methoxy groups -OCH3 is 1. The molecular weight excluding hydrogens is 421 g/mol. The molecule has 3 aromatic carbocycles. The Labute approximate surface area is 186 Å². The number of rotatable bonds is 7. The molecule has 30 heavy (non-hydrogen) atoms. The summed E-state index contributed by atoms with van der Waals surface area (Å²) in [5.41, 5.74) is 3.66. The van der Waals surface area contributed by atoms with Crippen molar-refractivity contribution in [3.63, 3.8) is 0 Å². The van der Waals surface area contributed by atoms with Gasteiger partial charge < -0.3 is 14.8 Å². The van der Waals surface area contributed by atoms with Crippen LogP contribution >= 0.6 is 23.2 Å². The minimum Gasteiger partial charge on any atom is -0.493 e. The van der Waals surface area contributed by atoms with Crippen molar-refractivity contribution in [2.45, 2.75) is 13.5 Å². The molecule has 0 fully saturated rings. The van der Waals surface area contributed by atoms with Gasteiger partial charge in [0.25, 0.3) is 0 Å². The first-order chi connectivity index (χ1) is 14.5. The van der Waals surface area contributed by atoms with Gasteiger partial charge in [0.1, 0.15) is 6.61 Å². The van der Waals surface area contributed by atoms with Crippen LogP contribution in [0, 0.1) is 6.92 Å². The van der Waals surface area contributed by atoms with Crippen LogP contribution in [0.25, 0.3) is 6.08 Å². The van der Waals surface area contributed by atoms with E-state index in [0.717, 1.165) is 11.1 Å². The Kier molecular flexibility index (Phi) is 7.39. The third-order valence-electron chi connectivity index (χ3n) is 4.45. The maximum absolute atomic E-state index is 12.2. The number of benzene rings is 3. The standard InChI is InChI=1S/C24H21Cl2NO3/c1-16-5-3-4-6-18(16)15-30-22-11-7-17(13-23(22)29-2)8-12-24(28)27-19-9-10-20(25)21(26)14-19/h3-14H,15H2,1-2H3,(H,27,28)/b12-8+. The SMILES string of the molecule is COc1cc(/C=C/C(=O)Nc2ccc(Cl)c(Cl)c2)ccc1OCc1ccccc1C. The summed E-state index contributed by atoms with van der Waals surface area (Å²) >= 11 is 11.8. The average Bonchev–Trinajstić information content (AvgIpc) is 2.74. The maximum Gasteiger partial charge on any atom is 0.248 e. The molecule has 0 aromatic heterocycles. The molecule has 0 heterocycles. The molecule has 0 saturated carbocycles. The van der Waals surface area contributed by atoms with E-state index in [1.54, 1.807) is 31.4 Å². The number of aryl methyl sites for hydroxylation is 1. The zero-order chi connectivity index (χ0) is 21.5. The molecule has 0 saturated heterocycles. The number of hydrogen-bond acceptors (Lipinski definition) is 3. The van der Waals surface area contributed by atoms with Crippen molar-refractivity contribution in [1.29, 1.82) is 0 Å². The summed E-state index contributed by atoms with van der Waals surface area (Å²) in [5, 5.41) is 3.55. The molecule has 0 aliphatic heterocycles. The van der Waals surface area contributed by atoms with Gasteiger partial charge in [-0.1, -0.05) is 53.5 Å². The van der Waals surface area contributed by atoms with Crippen LogP contribution in [0.3, 0.4) is 0 Å². The van der Waals surface area contributed by atoms with Crippen LogP contribution in [0.4, 0.5) is 5.69 Å². The first-order valence-electron chi connectivity index (χ1n) is 9.25. The second-order valence-electron chi connectivity index (χ2n) is 6.58. The summed E-state index contributed by atoms with van der Waals surface area (Å²) in [5.74, 6) is 0.945. The van der Waals surface area contributed by atoms with Crippen LogP contribution in [0.1, 0.15) is 16.7 Å². The van der Waals surface area contributed by atoms with Gasteiger partial charge in [-0.2, -0.15) is 0 Å². The van der Waals surface area contributed by atoms with Gasteiger partial charge in [0, 0.05) is 11.8 Å². The van der Waals surface area contributed by atoms with Gasteiger partial charge in [-0.05, 0) is 60.0 Å². The summed E-state index contributed by atoms with van der Waals surface area (Å²) in [4.78, 5) is 12.2. The second kappa shape index (κ2) is 10.2. The summed E-state index contributed by atoms with van der Waals surface area (Å²) in [6, 6.07) is 18.5. The molecule has 0 atom stereocenters. The molecule has 154 valence electrons. The molecule has 0 radical (unpaired) electrons. The molecule has 0 spiro atoms. The minimum absolute atomic E-state index is 0.285. The Bertz CT molecular complexity index is 1080. The smallest absolute Gasteiger partial charge is 0.248 e. The molecule has 3 aromatic rings. The van der Waals surface area contributed by atoms with E-state index >= 15 is 0 Å². The van der Waals surface area contributed by atoms with Gasteiger partial charge in [0.2, 0.25) is 5.91 Å². The molecule has 0 bridgehead atoms. The van der Waals surface area contributed by atoms with Gasteiger partial charge in [-0.25, -0.2) is 0 Å². The quantitative estimate of drug-likeness (QED) is 0.423. The number of ether oxygens (including phenoxy) is 2. The second-order valence-corrected chi connectivity index (χ2v) is 7.39. The lowest BCUT2D eigenvalue weighted by Gasteiger charge is -2.12. The topological polar surface area (TPSA) is 47.6 Å². The first-order valence-corrected chi connectivity index (χ1v) is 10.0. The number of carbonyl (C=O) groups excluding carboxylic acids is 1. The molecular formula is C24H21Cl2NO3. The highest BCUT2D eigenvalue weighted by molar-refractivity contribution is 6.42. The highest BCUT2D eigenvalue weighted by atomic mass is 35.5. The van der Waals surface area contributed by atoms with Crippen LogP contribution < -0.4 is 14.8 Å². The molecule has 1 N–H and O–H groups in total. The predicted octanol–water partition coefficient (Wildman–Crippen LogP) is 6.54. The van der Waals surface area contributed by atoms with Gasteiger partial charge in [0.15, 0.2) is 11.5 Å². The van der Waals surface area contributed by atoms with Gasteiger partial charge in [-0.15, -0.1) is 0 Å². The lowest BCUT2D eigenvalue weighted by molar-refractivity contribution is -0.111. The van der Waals surface area contributed by atoms with E-state index in [9.17, 15) is 4.79 Å². The Morgan fingerprint density at radius 2 is 1.80 bits per heavy atom. The highest BCUT2D eigenvalue weighted by Crippen LogP contribution is 2.30. The van der Waals surface area contributed by atoms with E-state index in [1.165, 1.54) is 11.6 Å². The third kappa shape index (κ3) is 5.78. The van der Waals surface area contributed by atoms with E-state index in [-0.39, 0.29) is 5.91 Å². The van der Waals surface area contributed by atoms with E-state index < -0.39 is 0 Å². The van der Waals surface area contributed by atoms with Crippen LogP contribution in [0.2, 0.25) is 10.0 Å². The van der Waals surface area contributed by atoms with Crippen molar-refractivity contribution in [2.75, 3.05) is 12.4 Å². The van der Waals surface area contributed by atoms with E-state index in [2.05, 4.69) is 5.32 Å². The molecule has 0 unspecified atom stereocenters. The molecule has 3 rings (SSSR count). The summed E-state index contributed by atoms with van der Waals surface area (Å²) in [6.07, 6.45) is 3.13. The number of hydrogen-bond donors (Lipinski definition) is 1. The fourth-order valence-electron chi connectivity index (χ4n) is 2.76. The lowest BCUT2D eigenvalue weighted by atomic mass is 10.1. The molecule has 1 amide bonds. The van der Waals surface area contributed by atoms with Crippen LogP contribution in [0.5, 0.6) is 11.5 Å². The normalized spacial score (nSPS) is 10.8. The Balaban J connectivity index is 1.65. The third-order valence-corrected chi connectivity index (χ3v) is 5.19. The largest absolute Gasteiger partial charge is 0.493 e. The van der Waals surface area contributed by atoms with Crippen LogP contribution in [-0.4, -0.2) is 13.0 Å². The van der Waals surface area contributed by atoms with E-state index in [4.69, 9.17) is 32.7 Å². The first kappa shape index (κ1) is 21.8. The fourth-order valence-corrected chi connectivity index (χ4v) is 3.06. The fraction of sp³-hybridized carbons (Fsp3) is 0.125. The summed E-state index contributed by atoms with van der Waals surface area (Å²) < 4.78 is 11.4. The summed E-state index contributed by atoms with van der Waals surface area (Å²) in [7, 11) is 1.58. The number of anilines is 1. The number of carbonyl (C=O) groups is 1. The van der Waals surface area contributed by atoms with E-state index in [1.807, 2.05) is 49.4 Å². The summed E-state index contributed by atoms with van der Waals surface area (Å²) in [6.45, 7) is 2.50. The van der Waals surface area contributed by atoms with Crippen LogP contribution in [-0.2, 0) is 11.4 Å². The van der Waals surface area contributed by atoms with Crippen molar-refractivity contribution < 1.29 is 14.3 Å². The zero-order valence-electron chi connectivity index (χ0n) is 16.6. The predicted molar refractivity (Wildman–Crippen MR) is 123 cm³/mol. The maximum atomic E-state index is 12.2. The zero-order valence-corrected chi connectivity index (χ0v) is 18.1. The van der Waals surface area contributed by atoms with Crippen molar-refractivity contribution in [1.82, 2.24) is 0 Å². The van der Waals surface area contributed by atoms with Gasteiger partial charge >= 0.3 is 0 Å². The number of halogens is 2. The number of nitrogens with one attached hydrogen (secondary N) is 1.